The average molecular weight is 341 g/mol. The average Bonchev–Trinajstić information content (AvgIpc) is 2.93. The number of hydrogen-bond acceptors (Lipinski definition) is 4. The summed E-state index contributed by atoms with van der Waals surface area (Å²) in [6.45, 7) is 1.59. The standard InChI is InChI=1S/C16H18F3N3O2/c1-3-5-13-12(9-20)14(16(17,18)19)21-22(13)11-7-4-6-10(8-11)15(23)24-2/h4,6-8H,3,5,9,20H2,1-2H3. The van der Waals surface area contributed by atoms with Crippen molar-refractivity contribution >= 4 is 5.97 Å². The van der Waals surface area contributed by atoms with Crippen LogP contribution >= 0.6 is 0 Å². The minimum atomic E-state index is -4.59. The molecule has 2 rings (SSSR count). The molecule has 2 N–H and O–H groups in total. The largest absolute Gasteiger partial charge is 0.465 e. The Kier molecular flexibility index (Phi) is 5.28. The maximum Gasteiger partial charge on any atom is 0.435 e. The van der Waals surface area contributed by atoms with Crippen LogP contribution in [0.25, 0.3) is 5.69 Å². The molecule has 24 heavy (non-hydrogen) atoms. The van der Waals surface area contributed by atoms with E-state index in [9.17, 15) is 18.0 Å². The van der Waals surface area contributed by atoms with E-state index in [1.165, 1.54) is 23.9 Å². The first-order valence-corrected chi connectivity index (χ1v) is 7.40. The molecule has 0 fully saturated rings. The maximum absolute atomic E-state index is 13.2. The van der Waals surface area contributed by atoms with Gasteiger partial charge in [-0.05, 0) is 24.6 Å². The summed E-state index contributed by atoms with van der Waals surface area (Å²) in [6, 6.07) is 6.11. The molecule has 0 aliphatic heterocycles. The van der Waals surface area contributed by atoms with E-state index in [0.717, 1.165) is 0 Å². The van der Waals surface area contributed by atoms with E-state index in [1.807, 2.05) is 6.92 Å². The van der Waals surface area contributed by atoms with Gasteiger partial charge in [-0.15, -0.1) is 0 Å². The minimum absolute atomic E-state index is 0.0205. The number of benzene rings is 1. The van der Waals surface area contributed by atoms with Crippen LogP contribution < -0.4 is 5.73 Å². The summed E-state index contributed by atoms with van der Waals surface area (Å²) >= 11 is 0. The number of carbonyl (C=O) groups is 1. The van der Waals surface area contributed by atoms with Gasteiger partial charge in [0.05, 0.1) is 18.4 Å². The molecular weight excluding hydrogens is 323 g/mol. The highest BCUT2D eigenvalue weighted by Gasteiger charge is 2.38. The van der Waals surface area contributed by atoms with Crippen molar-refractivity contribution in [1.29, 1.82) is 0 Å². The quantitative estimate of drug-likeness (QED) is 0.849. The molecule has 0 saturated heterocycles. The number of ether oxygens (including phenoxy) is 1. The lowest BCUT2D eigenvalue weighted by molar-refractivity contribution is -0.142. The fraction of sp³-hybridized carbons (Fsp3) is 0.375. The summed E-state index contributed by atoms with van der Waals surface area (Å²) < 4.78 is 45.6. The van der Waals surface area contributed by atoms with Crippen molar-refractivity contribution in [2.75, 3.05) is 7.11 Å². The molecular formula is C16H18F3N3O2. The third-order valence-corrected chi connectivity index (χ3v) is 3.56. The molecule has 0 bridgehead atoms. The smallest absolute Gasteiger partial charge is 0.435 e. The number of halogens is 3. The predicted molar refractivity (Wildman–Crippen MR) is 81.8 cm³/mol. The molecule has 5 nitrogen and oxygen atoms in total. The number of alkyl halides is 3. The summed E-state index contributed by atoms with van der Waals surface area (Å²) in [5.74, 6) is -0.573. The van der Waals surface area contributed by atoms with Gasteiger partial charge in [0.15, 0.2) is 5.69 Å². The van der Waals surface area contributed by atoms with Crippen LogP contribution in [0.2, 0.25) is 0 Å². The highest BCUT2D eigenvalue weighted by atomic mass is 19.4. The van der Waals surface area contributed by atoms with Gasteiger partial charge in [0.1, 0.15) is 0 Å². The number of hydrogen-bond donors (Lipinski definition) is 1. The van der Waals surface area contributed by atoms with E-state index in [4.69, 9.17) is 5.73 Å². The molecule has 0 aliphatic carbocycles. The van der Waals surface area contributed by atoms with Crippen LogP contribution in [0.5, 0.6) is 0 Å². The first-order valence-electron chi connectivity index (χ1n) is 7.40. The zero-order valence-electron chi connectivity index (χ0n) is 13.4. The third kappa shape index (κ3) is 3.43. The van der Waals surface area contributed by atoms with E-state index in [-0.39, 0.29) is 17.7 Å². The van der Waals surface area contributed by atoms with E-state index in [2.05, 4.69) is 9.84 Å². The molecule has 0 atom stereocenters. The van der Waals surface area contributed by atoms with E-state index in [0.29, 0.717) is 24.2 Å². The third-order valence-electron chi connectivity index (χ3n) is 3.56. The Labute approximate surface area is 137 Å². The van der Waals surface area contributed by atoms with E-state index < -0.39 is 17.8 Å². The van der Waals surface area contributed by atoms with Gasteiger partial charge in [-0.25, -0.2) is 9.48 Å². The van der Waals surface area contributed by atoms with Gasteiger partial charge in [-0.1, -0.05) is 19.4 Å². The summed E-state index contributed by atoms with van der Waals surface area (Å²) in [5.41, 5.74) is 5.52. The van der Waals surface area contributed by atoms with Crippen LogP contribution in [0.3, 0.4) is 0 Å². The van der Waals surface area contributed by atoms with Crippen LogP contribution in [0.15, 0.2) is 24.3 Å². The molecule has 0 spiro atoms. The van der Waals surface area contributed by atoms with Crippen molar-refractivity contribution in [3.63, 3.8) is 0 Å². The number of carbonyl (C=O) groups excluding carboxylic acids is 1. The molecule has 1 aromatic carbocycles. The van der Waals surface area contributed by atoms with Gasteiger partial charge < -0.3 is 10.5 Å². The first kappa shape index (κ1) is 18.0. The van der Waals surface area contributed by atoms with Crippen molar-refractivity contribution in [1.82, 2.24) is 9.78 Å². The number of methoxy groups -OCH3 is 1. The van der Waals surface area contributed by atoms with Crippen molar-refractivity contribution in [3.8, 4) is 5.69 Å². The minimum Gasteiger partial charge on any atom is -0.465 e. The maximum atomic E-state index is 13.2. The zero-order chi connectivity index (χ0) is 17.9. The van der Waals surface area contributed by atoms with E-state index in [1.54, 1.807) is 12.1 Å². The predicted octanol–water partition coefficient (Wildman–Crippen LogP) is 3.09. The molecule has 0 radical (unpaired) electrons. The summed E-state index contributed by atoms with van der Waals surface area (Å²) in [5, 5.41) is 3.73. The second-order valence-corrected chi connectivity index (χ2v) is 5.18. The van der Waals surface area contributed by atoms with Crippen LogP contribution in [0.4, 0.5) is 13.2 Å². The molecule has 0 saturated carbocycles. The monoisotopic (exact) mass is 341 g/mol. The molecule has 130 valence electrons. The molecule has 2 aromatic rings. The Morgan fingerprint density at radius 2 is 2.08 bits per heavy atom. The Hall–Kier alpha value is -2.35. The normalized spacial score (nSPS) is 11.6. The summed E-state index contributed by atoms with van der Waals surface area (Å²) in [7, 11) is 1.24. The Morgan fingerprint density at radius 3 is 2.62 bits per heavy atom. The number of aromatic nitrogens is 2. The highest BCUT2D eigenvalue weighted by Crippen LogP contribution is 2.34. The highest BCUT2D eigenvalue weighted by molar-refractivity contribution is 5.89. The number of nitrogens with two attached hydrogens (primary N) is 1. The van der Waals surface area contributed by atoms with Gasteiger partial charge in [0, 0.05) is 17.8 Å². The molecule has 0 aliphatic rings. The first-order chi connectivity index (χ1) is 11.3. The Balaban J connectivity index is 2.65. The fourth-order valence-electron chi connectivity index (χ4n) is 2.52. The van der Waals surface area contributed by atoms with Crippen LogP contribution in [-0.2, 0) is 23.9 Å². The fourth-order valence-corrected chi connectivity index (χ4v) is 2.52. The molecule has 0 unspecified atom stereocenters. The van der Waals surface area contributed by atoms with Gasteiger partial charge in [-0.3, -0.25) is 0 Å². The van der Waals surface area contributed by atoms with Gasteiger partial charge in [-0.2, -0.15) is 18.3 Å². The van der Waals surface area contributed by atoms with Crippen molar-refractivity contribution in [3.05, 3.63) is 46.8 Å². The lowest BCUT2D eigenvalue weighted by Gasteiger charge is -2.09. The van der Waals surface area contributed by atoms with E-state index >= 15 is 0 Å². The van der Waals surface area contributed by atoms with Crippen molar-refractivity contribution < 1.29 is 22.7 Å². The zero-order valence-corrected chi connectivity index (χ0v) is 13.4. The van der Waals surface area contributed by atoms with Gasteiger partial charge >= 0.3 is 12.1 Å². The molecule has 8 heteroatoms. The number of nitrogens with zero attached hydrogens (tertiary/aromatic N) is 2. The molecule has 0 amide bonds. The van der Waals surface area contributed by atoms with Crippen molar-refractivity contribution in [2.45, 2.75) is 32.5 Å². The summed E-state index contributed by atoms with van der Waals surface area (Å²) in [4.78, 5) is 11.6. The topological polar surface area (TPSA) is 70.1 Å². The second kappa shape index (κ2) is 7.04. The Bertz CT molecular complexity index is 739. The number of esters is 1. The van der Waals surface area contributed by atoms with Crippen LogP contribution in [-0.4, -0.2) is 22.9 Å². The summed E-state index contributed by atoms with van der Waals surface area (Å²) in [6.07, 6.45) is -3.58. The molecule has 1 heterocycles. The second-order valence-electron chi connectivity index (χ2n) is 5.18. The Morgan fingerprint density at radius 1 is 1.38 bits per heavy atom. The van der Waals surface area contributed by atoms with Crippen LogP contribution in [0.1, 0.15) is 40.7 Å². The lowest BCUT2D eigenvalue weighted by atomic mass is 10.1. The van der Waals surface area contributed by atoms with Crippen molar-refractivity contribution in [2.24, 2.45) is 5.73 Å². The lowest BCUT2D eigenvalue weighted by Crippen LogP contribution is -2.12. The number of rotatable bonds is 5. The van der Waals surface area contributed by atoms with Gasteiger partial charge in [0.2, 0.25) is 0 Å². The molecule has 1 aromatic heterocycles. The SMILES string of the molecule is CCCc1c(CN)c(C(F)(F)F)nn1-c1cccc(C(=O)OC)c1. The van der Waals surface area contributed by atoms with Gasteiger partial charge in [0.25, 0.3) is 0 Å². The van der Waals surface area contributed by atoms with Crippen LogP contribution in [0, 0.1) is 0 Å².